The van der Waals surface area contributed by atoms with E-state index in [1.54, 1.807) is 0 Å². The van der Waals surface area contributed by atoms with Gasteiger partial charge in [-0.2, -0.15) is 0 Å². The zero-order valence-corrected chi connectivity index (χ0v) is 9.26. The van der Waals surface area contributed by atoms with E-state index in [9.17, 15) is 5.11 Å². The molecule has 0 aliphatic rings. The minimum Gasteiger partial charge on any atom is -0.859 e. The first kappa shape index (κ1) is 14.7. The van der Waals surface area contributed by atoms with Crippen LogP contribution in [0.5, 0.6) is 0 Å². The Hall–Kier alpha value is -0.830. The molecular formula is C10H22N2O. The van der Waals surface area contributed by atoms with E-state index >= 15 is 0 Å². The van der Waals surface area contributed by atoms with E-state index in [1.165, 1.54) is 19.5 Å². The lowest BCUT2D eigenvalue weighted by atomic mass is 10.4. The quantitative estimate of drug-likeness (QED) is 0.397. The lowest BCUT2D eigenvalue weighted by Gasteiger charge is -2.27. The Bertz CT molecular complexity index is 153. The molecule has 0 bridgehead atoms. The molecule has 0 fully saturated rings. The van der Waals surface area contributed by atoms with Crippen molar-refractivity contribution in [2.75, 3.05) is 27.2 Å². The Morgan fingerprint density at radius 1 is 1.46 bits per heavy atom. The fourth-order valence-electron chi connectivity index (χ4n) is 0.763. The highest BCUT2D eigenvalue weighted by Gasteiger charge is 2.07. The van der Waals surface area contributed by atoms with E-state index in [0.29, 0.717) is 0 Å². The molecule has 1 N–H and O–H groups in total. The molecule has 3 heteroatoms. The third-order valence-corrected chi connectivity index (χ3v) is 1.87. The largest absolute Gasteiger partial charge is 0.859 e. The summed E-state index contributed by atoms with van der Waals surface area (Å²) in [7, 11) is 4.53. The van der Waals surface area contributed by atoms with Crippen LogP contribution in [0.2, 0.25) is 0 Å². The second kappa shape index (κ2) is 7.80. The van der Waals surface area contributed by atoms with Crippen LogP contribution < -0.4 is 5.11 Å². The van der Waals surface area contributed by atoms with Crippen LogP contribution in [-0.2, 0) is 0 Å². The molecule has 0 aromatic carbocycles. The minimum atomic E-state index is -0.731. The van der Waals surface area contributed by atoms with Gasteiger partial charge in [0.05, 0.1) is 27.2 Å². The molecule has 3 nitrogen and oxygen atoms in total. The maximum Gasteiger partial charge on any atom is 0.0779 e. The van der Waals surface area contributed by atoms with Crippen molar-refractivity contribution in [1.82, 2.24) is 0 Å². The lowest BCUT2D eigenvalue weighted by Crippen LogP contribution is -2.39. The van der Waals surface area contributed by atoms with E-state index in [2.05, 4.69) is 34.5 Å². The highest BCUT2D eigenvalue weighted by Crippen LogP contribution is 1.95. The molecule has 0 aromatic rings. The summed E-state index contributed by atoms with van der Waals surface area (Å²) in [5, 5.41) is 15.4. The lowest BCUT2D eigenvalue weighted by molar-refractivity contribution is -0.888. The van der Waals surface area contributed by atoms with Crippen LogP contribution in [0.3, 0.4) is 0 Å². The van der Waals surface area contributed by atoms with Crippen molar-refractivity contribution in [3.63, 3.8) is 0 Å². The second-order valence-corrected chi connectivity index (χ2v) is 3.54. The molecule has 0 aliphatic carbocycles. The Morgan fingerprint density at radius 3 is 1.92 bits per heavy atom. The average Bonchev–Trinajstić information content (AvgIpc) is 2.05. The van der Waals surface area contributed by atoms with Crippen LogP contribution in [0, 0.1) is 5.41 Å². The molecule has 78 valence electrons. The van der Waals surface area contributed by atoms with E-state index in [0.717, 1.165) is 10.6 Å². The number of rotatable bonds is 4. The zero-order chi connectivity index (χ0) is 10.9. The first-order valence-corrected chi connectivity index (χ1v) is 4.59. The SMILES string of the molecule is C=CC(=N)[O-].CCC[N+](C)(C)CC. The molecule has 0 amide bonds. The predicted octanol–water partition coefficient (Wildman–Crippen LogP) is 1.00. The second-order valence-electron chi connectivity index (χ2n) is 3.54. The van der Waals surface area contributed by atoms with Gasteiger partial charge in [-0.1, -0.05) is 19.6 Å². The van der Waals surface area contributed by atoms with Gasteiger partial charge in [0.1, 0.15) is 0 Å². The van der Waals surface area contributed by atoms with Crippen molar-refractivity contribution in [3.05, 3.63) is 12.7 Å². The van der Waals surface area contributed by atoms with E-state index < -0.39 is 5.90 Å². The molecule has 0 atom stereocenters. The summed E-state index contributed by atoms with van der Waals surface area (Å²) >= 11 is 0. The number of nitrogens with one attached hydrogen (secondary N) is 1. The number of quaternary nitrogens is 1. The highest BCUT2D eigenvalue weighted by atomic mass is 16.3. The smallest absolute Gasteiger partial charge is 0.0779 e. The molecule has 0 saturated heterocycles. The van der Waals surface area contributed by atoms with Gasteiger partial charge in [-0.05, 0) is 19.2 Å². The summed E-state index contributed by atoms with van der Waals surface area (Å²) in [6, 6.07) is 0. The maximum atomic E-state index is 9.36. The molecule has 0 saturated carbocycles. The topological polar surface area (TPSA) is 46.9 Å². The van der Waals surface area contributed by atoms with Crippen molar-refractivity contribution in [1.29, 1.82) is 5.41 Å². The molecule has 0 spiro atoms. The van der Waals surface area contributed by atoms with Gasteiger partial charge in [-0.15, -0.1) is 0 Å². The first-order chi connectivity index (χ1) is 5.89. The van der Waals surface area contributed by atoms with Crippen LogP contribution in [-0.4, -0.2) is 37.6 Å². The summed E-state index contributed by atoms with van der Waals surface area (Å²) in [5.74, 6) is -0.731. The van der Waals surface area contributed by atoms with Crippen LogP contribution in [0.4, 0.5) is 0 Å². The fourth-order valence-corrected chi connectivity index (χ4v) is 0.763. The fraction of sp³-hybridized carbons (Fsp3) is 0.700. The van der Waals surface area contributed by atoms with Gasteiger partial charge in [0.2, 0.25) is 0 Å². The van der Waals surface area contributed by atoms with Crippen LogP contribution in [0.1, 0.15) is 20.3 Å². The summed E-state index contributed by atoms with van der Waals surface area (Å²) in [4.78, 5) is 0. The number of hydrogen-bond acceptors (Lipinski definition) is 2. The third kappa shape index (κ3) is 14.1. The maximum absolute atomic E-state index is 9.36. The summed E-state index contributed by atoms with van der Waals surface area (Å²) < 4.78 is 1.16. The summed E-state index contributed by atoms with van der Waals surface area (Å²) in [5.41, 5.74) is 0. The average molecular weight is 186 g/mol. The molecule has 0 heterocycles. The predicted molar refractivity (Wildman–Crippen MR) is 55.7 cm³/mol. The van der Waals surface area contributed by atoms with E-state index in [1.807, 2.05) is 0 Å². The molecule has 0 unspecified atom stereocenters. The highest BCUT2D eigenvalue weighted by molar-refractivity contribution is 5.79. The Morgan fingerprint density at radius 2 is 1.85 bits per heavy atom. The normalized spacial score (nSPS) is 9.85. The zero-order valence-electron chi connectivity index (χ0n) is 9.26. The van der Waals surface area contributed by atoms with E-state index in [-0.39, 0.29) is 0 Å². The van der Waals surface area contributed by atoms with Gasteiger partial charge >= 0.3 is 0 Å². The number of nitrogens with zero attached hydrogens (tertiary/aromatic N) is 1. The van der Waals surface area contributed by atoms with Crippen LogP contribution in [0.15, 0.2) is 12.7 Å². The van der Waals surface area contributed by atoms with Gasteiger partial charge < -0.3 is 15.0 Å². The van der Waals surface area contributed by atoms with Gasteiger partial charge in [0.15, 0.2) is 0 Å². The molecule has 13 heavy (non-hydrogen) atoms. The van der Waals surface area contributed by atoms with Crippen molar-refractivity contribution >= 4 is 5.90 Å². The van der Waals surface area contributed by atoms with Crippen LogP contribution in [0.25, 0.3) is 0 Å². The standard InChI is InChI=1S/C7H18N.C3H5NO/c1-5-7-8(3,4)6-2;1-2-3(4)5/h5-7H2,1-4H3;2H,1H2,(H2,4,5)/q+1;/p-1. The van der Waals surface area contributed by atoms with Crippen molar-refractivity contribution in [3.8, 4) is 0 Å². The van der Waals surface area contributed by atoms with Crippen molar-refractivity contribution in [2.45, 2.75) is 20.3 Å². The van der Waals surface area contributed by atoms with Gasteiger partial charge in [0, 0.05) is 0 Å². The summed E-state index contributed by atoms with van der Waals surface area (Å²) in [6.07, 6.45) is 2.24. The molecular weight excluding hydrogens is 164 g/mol. The Kier molecular flexibility index (Phi) is 8.81. The molecule has 0 aromatic heterocycles. The van der Waals surface area contributed by atoms with Crippen LogP contribution >= 0.6 is 0 Å². The van der Waals surface area contributed by atoms with Gasteiger partial charge in [-0.3, -0.25) is 0 Å². The monoisotopic (exact) mass is 186 g/mol. The van der Waals surface area contributed by atoms with Gasteiger partial charge in [-0.25, -0.2) is 0 Å². The Balaban J connectivity index is 0. The third-order valence-electron chi connectivity index (χ3n) is 1.87. The van der Waals surface area contributed by atoms with E-state index in [4.69, 9.17) is 5.41 Å². The minimum absolute atomic E-state index is 0.731. The van der Waals surface area contributed by atoms with Crippen molar-refractivity contribution < 1.29 is 9.59 Å². The van der Waals surface area contributed by atoms with Gasteiger partial charge in [0.25, 0.3) is 0 Å². The first-order valence-electron chi connectivity index (χ1n) is 4.59. The Labute approximate surface area is 81.8 Å². The number of hydrogen-bond donors (Lipinski definition) is 1. The summed E-state index contributed by atoms with van der Waals surface area (Å²) in [6.45, 7) is 10.0. The molecule has 0 radical (unpaired) electrons. The molecule has 0 rings (SSSR count). The van der Waals surface area contributed by atoms with Crippen molar-refractivity contribution in [2.24, 2.45) is 0 Å². The molecule has 0 aliphatic heterocycles.